The van der Waals surface area contributed by atoms with Crippen LogP contribution in [0.4, 0.5) is 0 Å². The second kappa shape index (κ2) is 10.0. The van der Waals surface area contributed by atoms with Crippen LogP contribution in [0.1, 0.15) is 12.0 Å². The van der Waals surface area contributed by atoms with Crippen LogP contribution in [0.25, 0.3) is 23.0 Å². The second-order valence-corrected chi connectivity index (χ2v) is 7.16. The largest absolute Gasteiger partial charge is 0.351 e. The van der Waals surface area contributed by atoms with Crippen LogP contribution < -0.4 is 5.32 Å². The van der Waals surface area contributed by atoms with Gasteiger partial charge in [0, 0.05) is 42.8 Å². The van der Waals surface area contributed by atoms with Gasteiger partial charge in [-0.3, -0.25) is 4.79 Å². The number of aromatic nitrogens is 4. The predicted molar refractivity (Wildman–Crippen MR) is 122 cm³/mol. The molecular weight excluding hydrogens is 400 g/mol. The maximum atomic E-state index is 12.6. The summed E-state index contributed by atoms with van der Waals surface area (Å²) in [6.07, 6.45) is 9.49. The van der Waals surface area contributed by atoms with E-state index in [1.54, 1.807) is 23.3 Å². The van der Waals surface area contributed by atoms with Crippen LogP contribution in [0, 0.1) is 11.3 Å². The molecule has 0 aliphatic heterocycles. The highest BCUT2D eigenvalue weighted by molar-refractivity contribution is 6.02. The zero-order valence-corrected chi connectivity index (χ0v) is 17.4. The molecule has 0 fully saturated rings. The van der Waals surface area contributed by atoms with E-state index in [1.165, 1.54) is 0 Å². The molecule has 7 nitrogen and oxygen atoms in total. The molecule has 0 radical (unpaired) electrons. The van der Waals surface area contributed by atoms with Crippen LogP contribution in [-0.4, -0.2) is 31.8 Å². The number of nitrogens with one attached hydrogen (secondary N) is 1. The van der Waals surface area contributed by atoms with Crippen molar-refractivity contribution in [2.24, 2.45) is 0 Å². The fraction of sp³-hybridized carbons (Fsp3) is 0.120. The van der Waals surface area contributed by atoms with Crippen molar-refractivity contribution in [1.82, 2.24) is 24.6 Å². The van der Waals surface area contributed by atoms with Crippen molar-refractivity contribution < 1.29 is 4.79 Å². The minimum atomic E-state index is -0.399. The van der Waals surface area contributed by atoms with E-state index in [9.17, 15) is 10.1 Å². The first-order chi connectivity index (χ1) is 15.7. The van der Waals surface area contributed by atoms with Gasteiger partial charge in [0.2, 0.25) is 0 Å². The van der Waals surface area contributed by atoms with E-state index in [-0.39, 0.29) is 5.57 Å². The quantitative estimate of drug-likeness (QED) is 0.265. The molecular formula is C25H22N6O. The number of imidazole rings is 1. The van der Waals surface area contributed by atoms with Crippen LogP contribution >= 0.6 is 0 Å². The average molecular weight is 422 g/mol. The number of benzene rings is 2. The number of amides is 1. The van der Waals surface area contributed by atoms with Crippen molar-refractivity contribution in [1.29, 1.82) is 5.26 Å². The lowest BCUT2D eigenvalue weighted by Crippen LogP contribution is -2.26. The molecule has 0 unspecified atom stereocenters. The van der Waals surface area contributed by atoms with Crippen molar-refractivity contribution in [3.05, 3.63) is 96.7 Å². The van der Waals surface area contributed by atoms with Gasteiger partial charge in [-0.2, -0.15) is 10.4 Å². The molecule has 1 amide bonds. The molecule has 0 saturated heterocycles. The van der Waals surface area contributed by atoms with Crippen LogP contribution in [0.3, 0.4) is 0 Å². The zero-order valence-electron chi connectivity index (χ0n) is 17.4. The fourth-order valence-corrected chi connectivity index (χ4v) is 3.31. The summed E-state index contributed by atoms with van der Waals surface area (Å²) in [7, 11) is 0. The minimum absolute atomic E-state index is 0.0393. The molecule has 0 atom stereocenters. The lowest BCUT2D eigenvalue weighted by Gasteiger charge is -2.05. The Morgan fingerprint density at radius 1 is 1.09 bits per heavy atom. The van der Waals surface area contributed by atoms with Crippen molar-refractivity contribution in [3.63, 3.8) is 0 Å². The van der Waals surface area contributed by atoms with Crippen LogP contribution in [0.15, 0.2) is 91.2 Å². The normalized spacial score (nSPS) is 11.2. The number of nitriles is 1. The molecule has 1 N–H and O–H groups in total. The molecule has 2 aromatic carbocycles. The highest BCUT2D eigenvalue weighted by atomic mass is 16.1. The third-order valence-electron chi connectivity index (χ3n) is 4.91. The third kappa shape index (κ3) is 4.99. The van der Waals surface area contributed by atoms with E-state index in [0.717, 1.165) is 24.2 Å². The van der Waals surface area contributed by atoms with Gasteiger partial charge < -0.3 is 9.88 Å². The molecule has 0 bridgehead atoms. The number of rotatable bonds is 8. The Kier molecular flexibility index (Phi) is 6.54. The molecule has 0 aliphatic rings. The van der Waals surface area contributed by atoms with Gasteiger partial charge in [0.25, 0.3) is 5.91 Å². The maximum Gasteiger partial charge on any atom is 0.261 e. The Morgan fingerprint density at radius 3 is 2.53 bits per heavy atom. The van der Waals surface area contributed by atoms with Crippen molar-refractivity contribution in [3.8, 4) is 23.0 Å². The highest BCUT2D eigenvalue weighted by Gasteiger charge is 2.14. The Bertz CT molecular complexity index is 1230. The molecule has 0 saturated carbocycles. The monoisotopic (exact) mass is 422 g/mol. The number of para-hydroxylation sites is 1. The first-order valence-corrected chi connectivity index (χ1v) is 10.3. The Balaban J connectivity index is 1.56. The van der Waals surface area contributed by atoms with E-state index in [2.05, 4.69) is 10.3 Å². The molecule has 2 aromatic heterocycles. The van der Waals surface area contributed by atoms with Crippen LogP contribution in [-0.2, 0) is 11.3 Å². The Labute approximate surface area is 186 Å². The zero-order chi connectivity index (χ0) is 22.2. The van der Waals surface area contributed by atoms with Gasteiger partial charge in [0.05, 0.1) is 17.7 Å². The topological polar surface area (TPSA) is 88.5 Å². The lowest BCUT2D eigenvalue weighted by molar-refractivity contribution is -0.117. The van der Waals surface area contributed by atoms with E-state index < -0.39 is 5.91 Å². The highest BCUT2D eigenvalue weighted by Crippen LogP contribution is 2.25. The average Bonchev–Trinajstić information content (AvgIpc) is 3.51. The summed E-state index contributed by atoms with van der Waals surface area (Å²) in [5.74, 6) is -0.399. The van der Waals surface area contributed by atoms with Crippen LogP contribution in [0.5, 0.6) is 0 Å². The van der Waals surface area contributed by atoms with E-state index in [0.29, 0.717) is 17.8 Å². The van der Waals surface area contributed by atoms with Gasteiger partial charge in [-0.15, -0.1) is 0 Å². The smallest absolute Gasteiger partial charge is 0.261 e. The van der Waals surface area contributed by atoms with Gasteiger partial charge in [-0.05, 0) is 24.6 Å². The summed E-state index contributed by atoms with van der Waals surface area (Å²) in [6, 6.07) is 21.5. The summed E-state index contributed by atoms with van der Waals surface area (Å²) in [5.41, 5.74) is 3.25. The number of hydrogen-bond acceptors (Lipinski definition) is 4. The maximum absolute atomic E-state index is 12.6. The lowest BCUT2D eigenvalue weighted by atomic mass is 10.1. The molecule has 2 heterocycles. The first-order valence-electron chi connectivity index (χ1n) is 10.3. The number of nitrogens with zero attached hydrogens (tertiary/aromatic N) is 5. The summed E-state index contributed by atoms with van der Waals surface area (Å²) in [4.78, 5) is 16.6. The van der Waals surface area contributed by atoms with Gasteiger partial charge in [0.15, 0.2) is 0 Å². The SMILES string of the molecule is N#C/C(=C\c1cn(-c2ccccc2)nc1-c1ccccc1)C(=O)NCCCn1ccnc1. The minimum Gasteiger partial charge on any atom is -0.351 e. The van der Waals surface area contributed by atoms with E-state index in [1.807, 2.05) is 83.7 Å². The van der Waals surface area contributed by atoms with E-state index in [4.69, 9.17) is 5.10 Å². The molecule has 158 valence electrons. The van der Waals surface area contributed by atoms with Crippen LogP contribution in [0.2, 0.25) is 0 Å². The van der Waals surface area contributed by atoms with Gasteiger partial charge >= 0.3 is 0 Å². The predicted octanol–water partition coefficient (Wildman–Crippen LogP) is 3.85. The standard InChI is InChI=1S/C25H22N6O/c26-17-21(25(32)28-12-7-14-30-15-13-27-19-30)16-22-18-31(23-10-5-2-6-11-23)29-24(22)20-8-3-1-4-9-20/h1-6,8-11,13,15-16,18-19H,7,12,14H2,(H,28,32)/b21-16+. The Morgan fingerprint density at radius 2 is 1.84 bits per heavy atom. The number of hydrogen-bond donors (Lipinski definition) is 1. The van der Waals surface area contributed by atoms with Crippen molar-refractivity contribution in [2.45, 2.75) is 13.0 Å². The van der Waals surface area contributed by atoms with Crippen molar-refractivity contribution in [2.75, 3.05) is 6.54 Å². The summed E-state index contributed by atoms with van der Waals surface area (Å²) in [5, 5.41) is 17.2. The number of carbonyl (C=O) groups excluding carboxylic acids is 1. The fourth-order valence-electron chi connectivity index (χ4n) is 3.31. The van der Waals surface area contributed by atoms with Gasteiger partial charge in [-0.25, -0.2) is 9.67 Å². The molecule has 0 aliphatic carbocycles. The first kappa shape index (κ1) is 20.8. The molecule has 7 heteroatoms. The molecule has 4 aromatic rings. The third-order valence-corrected chi connectivity index (χ3v) is 4.91. The Hall–Kier alpha value is -4.44. The van der Waals surface area contributed by atoms with Crippen molar-refractivity contribution >= 4 is 12.0 Å². The number of aryl methyl sites for hydroxylation is 1. The molecule has 32 heavy (non-hydrogen) atoms. The molecule has 4 rings (SSSR count). The number of carbonyl (C=O) groups is 1. The summed E-state index contributed by atoms with van der Waals surface area (Å²) in [6.45, 7) is 1.21. The van der Waals surface area contributed by atoms with E-state index >= 15 is 0 Å². The second-order valence-electron chi connectivity index (χ2n) is 7.16. The van der Waals surface area contributed by atoms with Gasteiger partial charge in [0.1, 0.15) is 11.6 Å². The molecule has 0 spiro atoms. The summed E-state index contributed by atoms with van der Waals surface area (Å²) >= 11 is 0. The summed E-state index contributed by atoms with van der Waals surface area (Å²) < 4.78 is 3.70. The van der Waals surface area contributed by atoms with Gasteiger partial charge in [-0.1, -0.05) is 48.5 Å².